The number of benzene rings is 1. The van der Waals surface area contributed by atoms with Crippen molar-refractivity contribution < 1.29 is 19.4 Å². The fourth-order valence-electron chi connectivity index (χ4n) is 2.46. The third-order valence-corrected chi connectivity index (χ3v) is 3.49. The van der Waals surface area contributed by atoms with Crippen LogP contribution in [0.15, 0.2) is 18.2 Å². The molecule has 1 aliphatic rings. The fourth-order valence-corrected chi connectivity index (χ4v) is 2.46. The highest BCUT2D eigenvalue weighted by Gasteiger charge is 2.22. The molecule has 1 N–H and O–H groups in total. The molecular formula is C15H20O4. The van der Waals surface area contributed by atoms with Gasteiger partial charge in [-0.25, -0.2) is 0 Å². The summed E-state index contributed by atoms with van der Waals surface area (Å²) in [5, 5.41) is 8.86. The van der Waals surface area contributed by atoms with Gasteiger partial charge in [0.2, 0.25) is 0 Å². The molecule has 0 saturated carbocycles. The van der Waals surface area contributed by atoms with E-state index in [1.54, 1.807) is 0 Å². The first-order valence-corrected chi connectivity index (χ1v) is 6.69. The first-order valence-electron chi connectivity index (χ1n) is 6.69. The summed E-state index contributed by atoms with van der Waals surface area (Å²) in [6, 6.07) is 5.81. The molecule has 0 unspecified atom stereocenters. The summed E-state index contributed by atoms with van der Waals surface area (Å²) in [5.41, 5.74) is 2.11. The predicted molar refractivity (Wildman–Crippen MR) is 71.2 cm³/mol. The first kappa shape index (κ1) is 13.9. The predicted octanol–water partition coefficient (Wildman–Crippen LogP) is 1.87. The zero-order valence-corrected chi connectivity index (χ0v) is 11.2. The number of carbonyl (C=O) groups is 1. The third kappa shape index (κ3) is 3.47. The summed E-state index contributed by atoms with van der Waals surface area (Å²) in [5.74, 6) is 0.645. The molecule has 0 aromatic heterocycles. The molecule has 104 valence electrons. The number of hydrogen-bond acceptors (Lipinski definition) is 4. The number of aliphatic hydroxyl groups is 1. The first-order chi connectivity index (χ1) is 9.24. The summed E-state index contributed by atoms with van der Waals surface area (Å²) in [4.78, 5) is 11.4. The molecule has 1 atom stereocenters. The monoisotopic (exact) mass is 264 g/mol. The van der Waals surface area contributed by atoms with Gasteiger partial charge in [-0.2, -0.15) is 0 Å². The van der Waals surface area contributed by atoms with Gasteiger partial charge < -0.3 is 14.6 Å². The van der Waals surface area contributed by atoms with Crippen molar-refractivity contribution in [2.45, 2.75) is 38.2 Å². The summed E-state index contributed by atoms with van der Waals surface area (Å²) in [6.45, 7) is 0.203. The van der Waals surface area contributed by atoms with Crippen LogP contribution in [0.3, 0.4) is 0 Å². The lowest BCUT2D eigenvalue weighted by Crippen LogP contribution is -2.24. The van der Waals surface area contributed by atoms with Crippen LogP contribution in [-0.2, 0) is 22.4 Å². The van der Waals surface area contributed by atoms with Crippen LogP contribution in [0.2, 0.25) is 0 Å². The van der Waals surface area contributed by atoms with E-state index in [1.165, 1.54) is 7.11 Å². The van der Waals surface area contributed by atoms with Crippen molar-refractivity contribution in [3.05, 3.63) is 29.3 Å². The van der Waals surface area contributed by atoms with Crippen molar-refractivity contribution in [1.29, 1.82) is 0 Å². The van der Waals surface area contributed by atoms with Crippen molar-refractivity contribution in [3.63, 3.8) is 0 Å². The van der Waals surface area contributed by atoms with Gasteiger partial charge in [-0.3, -0.25) is 4.79 Å². The minimum atomic E-state index is -0.226. The molecule has 1 aromatic carbocycles. The van der Waals surface area contributed by atoms with Crippen LogP contribution in [-0.4, -0.2) is 30.9 Å². The molecule has 0 amide bonds. The van der Waals surface area contributed by atoms with Crippen LogP contribution < -0.4 is 4.74 Å². The summed E-state index contributed by atoms with van der Waals surface area (Å²) in [6.07, 6.45) is 3.96. The zero-order chi connectivity index (χ0) is 13.7. The van der Waals surface area contributed by atoms with Gasteiger partial charge in [0.05, 0.1) is 19.6 Å². The Morgan fingerprint density at radius 2 is 2.37 bits per heavy atom. The molecule has 0 spiro atoms. The van der Waals surface area contributed by atoms with Crippen molar-refractivity contribution in [1.82, 2.24) is 0 Å². The Morgan fingerprint density at radius 1 is 1.53 bits per heavy atom. The molecule has 2 rings (SSSR count). The van der Waals surface area contributed by atoms with Gasteiger partial charge in [-0.1, -0.05) is 12.1 Å². The number of carbonyl (C=O) groups excluding carboxylic acids is 1. The van der Waals surface area contributed by atoms with Gasteiger partial charge in [-0.15, -0.1) is 0 Å². The second-order valence-electron chi connectivity index (χ2n) is 4.79. The number of fused-ring (bicyclic) bond motifs is 1. The van der Waals surface area contributed by atoms with Crippen molar-refractivity contribution >= 4 is 5.97 Å². The maximum Gasteiger partial charge on any atom is 0.309 e. The highest BCUT2D eigenvalue weighted by Crippen LogP contribution is 2.31. The van der Waals surface area contributed by atoms with E-state index in [-0.39, 0.29) is 18.7 Å². The molecule has 1 aromatic rings. The Morgan fingerprint density at radius 3 is 3.11 bits per heavy atom. The SMILES string of the molecule is COC(=O)Cc1cccc2c1CC[C@H](CCCO)O2. The van der Waals surface area contributed by atoms with E-state index in [1.807, 2.05) is 18.2 Å². The van der Waals surface area contributed by atoms with Gasteiger partial charge in [0, 0.05) is 6.61 Å². The van der Waals surface area contributed by atoms with E-state index in [2.05, 4.69) is 0 Å². The van der Waals surface area contributed by atoms with E-state index in [0.29, 0.717) is 6.42 Å². The van der Waals surface area contributed by atoms with Crippen molar-refractivity contribution in [2.75, 3.05) is 13.7 Å². The Labute approximate surface area is 113 Å². The number of ether oxygens (including phenoxy) is 2. The number of aliphatic hydroxyl groups excluding tert-OH is 1. The zero-order valence-electron chi connectivity index (χ0n) is 11.2. The second-order valence-corrected chi connectivity index (χ2v) is 4.79. The molecule has 4 heteroatoms. The topological polar surface area (TPSA) is 55.8 Å². The largest absolute Gasteiger partial charge is 0.490 e. The van der Waals surface area contributed by atoms with Crippen LogP contribution in [0.4, 0.5) is 0 Å². The number of methoxy groups -OCH3 is 1. The summed E-state index contributed by atoms with van der Waals surface area (Å²) < 4.78 is 10.6. The molecule has 0 aliphatic carbocycles. The minimum Gasteiger partial charge on any atom is -0.490 e. The lowest BCUT2D eigenvalue weighted by atomic mass is 9.94. The van der Waals surface area contributed by atoms with Crippen LogP contribution >= 0.6 is 0 Å². The van der Waals surface area contributed by atoms with E-state index in [9.17, 15) is 4.79 Å². The van der Waals surface area contributed by atoms with E-state index >= 15 is 0 Å². The quantitative estimate of drug-likeness (QED) is 0.825. The van der Waals surface area contributed by atoms with E-state index < -0.39 is 0 Å². The molecule has 1 heterocycles. The van der Waals surface area contributed by atoms with Gasteiger partial charge in [0.15, 0.2) is 0 Å². The third-order valence-electron chi connectivity index (χ3n) is 3.49. The summed E-state index contributed by atoms with van der Waals surface area (Å²) >= 11 is 0. The highest BCUT2D eigenvalue weighted by molar-refractivity contribution is 5.73. The van der Waals surface area contributed by atoms with Crippen LogP contribution in [0.25, 0.3) is 0 Å². The van der Waals surface area contributed by atoms with Crippen molar-refractivity contribution in [3.8, 4) is 5.75 Å². The van der Waals surface area contributed by atoms with Gasteiger partial charge in [-0.05, 0) is 42.9 Å². The normalized spacial score (nSPS) is 17.5. The number of rotatable bonds is 5. The maximum atomic E-state index is 11.4. The Bertz CT molecular complexity index is 442. The van der Waals surface area contributed by atoms with Crippen LogP contribution in [0, 0.1) is 0 Å². The molecule has 1 aliphatic heterocycles. The Balaban J connectivity index is 2.09. The lowest BCUT2D eigenvalue weighted by Gasteiger charge is -2.27. The average Bonchev–Trinajstić information content (AvgIpc) is 2.45. The molecule has 0 fully saturated rings. The van der Waals surface area contributed by atoms with Gasteiger partial charge >= 0.3 is 5.97 Å². The molecule has 19 heavy (non-hydrogen) atoms. The van der Waals surface area contributed by atoms with Crippen LogP contribution in [0.5, 0.6) is 5.75 Å². The average molecular weight is 264 g/mol. The molecule has 4 nitrogen and oxygen atoms in total. The molecule has 0 radical (unpaired) electrons. The second kappa shape index (κ2) is 6.57. The van der Waals surface area contributed by atoms with Gasteiger partial charge in [0.25, 0.3) is 0 Å². The smallest absolute Gasteiger partial charge is 0.309 e. The fraction of sp³-hybridized carbons (Fsp3) is 0.533. The highest BCUT2D eigenvalue weighted by atomic mass is 16.5. The van der Waals surface area contributed by atoms with Crippen LogP contribution in [0.1, 0.15) is 30.4 Å². The Kier molecular flexibility index (Phi) is 4.80. The molecule has 0 saturated heterocycles. The minimum absolute atomic E-state index is 0.174. The lowest BCUT2D eigenvalue weighted by molar-refractivity contribution is -0.139. The number of esters is 1. The number of hydrogen-bond donors (Lipinski definition) is 1. The molecular weight excluding hydrogens is 244 g/mol. The van der Waals surface area contributed by atoms with E-state index in [0.717, 1.165) is 42.6 Å². The summed E-state index contributed by atoms with van der Waals surface area (Å²) in [7, 11) is 1.40. The van der Waals surface area contributed by atoms with Crippen molar-refractivity contribution in [2.24, 2.45) is 0 Å². The Hall–Kier alpha value is -1.55. The maximum absolute atomic E-state index is 11.4. The van der Waals surface area contributed by atoms with Gasteiger partial charge in [0.1, 0.15) is 5.75 Å². The standard InChI is InChI=1S/C15H20O4/c1-18-15(17)10-11-4-2-6-14-13(11)8-7-12(19-14)5-3-9-16/h2,4,6,12,16H,3,5,7-10H2,1H3/t12-/m0/s1. The van der Waals surface area contributed by atoms with E-state index in [4.69, 9.17) is 14.6 Å². The molecule has 0 bridgehead atoms.